The molecule has 0 aliphatic carbocycles. The van der Waals surface area contributed by atoms with Gasteiger partial charge in [0.1, 0.15) is 11.5 Å². The first-order valence-corrected chi connectivity index (χ1v) is 9.17. The lowest BCUT2D eigenvalue weighted by molar-refractivity contribution is 0.0727. The number of hydrogen-bond acceptors (Lipinski definition) is 4. The second-order valence-electron chi connectivity index (χ2n) is 5.75. The number of para-hydroxylation sites is 2. The lowest BCUT2D eigenvalue weighted by Gasteiger charge is -2.24. The third kappa shape index (κ3) is 4.06. The van der Waals surface area contributed by atoms with E-state index < -0.39 is 0 Å². The molecule has 1 amide bonds. The van der Waals surface area contributed by atoms with E-state index in [0.717, 1.165) is 16.2 Å². The number of carbonyl (C=O) groups excluding carboxylic acids is 1. The van der Waals surface area contributed by atoms with E-state index in [0.29, 0.717) is 24.4 Å². The molecule has 2 aromatic carbocycles. The van der Waals surface area contributed by atoms with Crippen LogP contribution in [0, 0.1) is 0 Å². The van der Waals surface area contributed by atoms with E-state index in [2.05, 4.69) is 0 Å². The van der Waals surface area contributed by atoms with E-state index >= 15 is 0 Å². The minimum Gasteiger partial charge on any atom is -0.496 e. The Balaban J connectivity index is 1.93. The van der Waals surface area contributed by atoms with E-state index in [1.54, 1.807) is 37.7 Å². The summed E-state index contributed by atoms with van der Waals surface area (Å²) in [5, 5.41) is 2.02. The molecule has 3 rings (SSSR count). The van der Waals surface area contributed by atoms with Crippen molar-refractivity contribution in [3.63, 3.8) is 0 Å². The van der Waals surface area contributed by atoms with Gasteiger partial charge in [0.2, 0.25) is 0 Å². The van der Waals surface area contributed by atoms with Gasteiger partial charge in [0.05, 0.1) is 32.9 Å². The molecule has 3 aromatic rings. The Bertz CT molecular complexity index is 861. The maximum Gasteiger partial charge on any atom is 0.258 e. The average molecular weight is 367 g/mol. The number of amides is 1. The van der Waals surface area contributed by atoms with Crippen molar-refractivity contribution >= 4 is 17.2 Å². The van der Waals surface area contributed by atoms with Crippen molar-refractivity contribution in [2.75, 3.05) is 14.2 Å². The summed E-state index contributed by atoms with van der Waals surface area (Å²) < 4.78 is 10.8. The molecule has 0 saturated carbocycles. The summed E-state index contributed by atoms with van der Waals surface area (Å²) in [7, 11) is 3.22. The van der Waals surface area contributed by atoms with Crippen LogP contribution in [0.15, 0.2) is 66.0 Å². The van der Waals surface area contributed by atoms with Gasteiger partial charge in [-0.1, -0.05) is 36.4 Å². The summed E-state index contributed by atoms with van der Waals surface area (Å²) >= 11 is 1.64. The summed E-state index contributed by atoms with van der Waals surface area (Å²) in [4.78, 5) is 16.2. The van der Waals surface area contributed by atoms with Crippen LogP contribution in [0.1, 0.15) is 20.8 Å². The third-order valence-corrected chi connectivity index (χ3v) is 4.97. The molecular weight excluding hydrogens is 346 g/mol. The standard InChI is InChI=1S/C21H21NO3S/c1-24-19-11-5-3-8-16(19)14-22(15-17-9-7-13-26-17)21(23)18-10-4-6-12-20(18)25-2/h3-13H,14-15H2,1-2H3. The molecule has 0 saturated heterocycles. The smallest absolute Gasteiger partial charge is 0.258 e. The van der Waals surface area contributed by atoms with Gasteiger partial charge >= 0.3 is 0 Å². The fraction of sp³-hybridized carbons (Fsp3) is 0.190. The highest BCUT2D eigenvalue weighted by Gasteiger charge is 2.21. The van der Waals surface area contributed by atoms with Crippen LogP contribution in [-0.4, -0.2) is 25.0 Å². The lowest BCUT2D eigenvalue weighted by atomic mass is 10.1. The van der Waals surface area contributed by atoms with E-state index in [1.807, 2.05) is 58.8 Å². The number of carbonyl (C=O) groups is 1. The number of methoxy groups -OCH3 is 2. The average Bonchev–Trinajstić information content (AvgIpc) is 3.20. The quantitative estimate of drug-likeness (QED) is 0.612. The number of benzene rings is 2. The van der Waals surface area contributed by atoms with Gasteiger partial charge in [-0.05, 0) is 29.6 Å². The first-order valence-electron chi connectivity index (χ1n) is 8.29. The highest BCUT2D eigenvalue weighted by Crippen LogP contribution is 2.25. The van der Waals surface area contributed by atoms with Gasteiger partial charge < -0.3 is 14.4 Å². The van der Waals surface area contributed by atoms with Gasteiger partial charge in [0, 0.05) is 10.4 Å². The molecule has 0 atom stereocenters. The summed E-state index contributed by atoms with van der Waals surface area (Å²) in [6.45, 7) is 0.991. The van der Waals surface area contributed by atoms with Crippen LogP contribution in [0.25, 0.3) is 0 Å². The number of thiophene rings is 1. The van der Waals surface area contributed by atoms with Crippen molar-refractivity contribution in [2.45, 2.75) is 13.1 Å². The van der Waals surface area contributed by atoms with Crippen LogP contribution in [0.2, 0.25) is 0 Å². The molecule has 5 heteroatoms. The molecule has 0 fully saturated rings. The van der Waals surface area contributed by atoms with Crippen LogP contribution in [-0.2, 0) is 13.1 Å². The molecule has 134 valence electrons. The van der Waals surface area contributed by atoms with E-state index in [4.69, 9.17) is 9.47 Å². The molecule has 1 aromatic heterocycles. The van der Waals surface area contributed by atoms with Crippen molar-refractivity contribution in [3.8, 4) is 11.5 Å². The Hall–Kier alpha value is -2.79. The zero-order valence-electron chi connectivity index (χ0n) is 14.8. The molecule has 0 unspecified atom stereocenters. The van der Waals surface area contributed by atoms with E-state index in [-0.39, 0.29) is 5.91 Å². The molecule has 26 heavy (non-hydrogen) atoms. The Kier molecular flexibility index (Phi) is 5.92. The maximum absolute atomic E-state index is 13.3. The van der Waals surface area contributed by atoms with Crippen molar-refractivity contribution in [3.05, 3.63) is 82.0 Å². The summed E-state index contributed by atoms with van der Waals surface area (Å²) in [5.74, 6) is 1.28. The summed E-state index contributed by atoms with van der Waals surface area (Å²) in [6, 6.07) is 19.1. The molecule has 4 nitrogen and oxygen atoms in total. The van der Waals surface area contributed by atoms with Gasteiger partial charge in [-0.3, -0.25) is 4.79 Å². The third-order valence-electron chi connectivity index (χ3n) is 4.11. The van der Waals surface area contributed by atoms with Gasteiger partial charge in [-0.15, -0.1) is 11.3 Å². The van der Waals surface area contributed by atoms with E-state index in [1.165, 1.54) is 0 Å². The van der Waals surface area contributed by atoms with Gasteiger partial charge in [0.15, 0.2) is 0 Å². The highest BCUT2D eigenvalue weighted by atomic mass is 32.1. The highest BCUT2D eigenvalue weighted by molar-refractivity contribution is 7.09. The molecule has 0 N–H and O–H groups in total. The second-order valence-corrected chi connectivity index (χ2v) is 6.78. The summed E-state index contributed by atoms with van der Waals surface area (Å²) in [6.07, 6.45) is 0. The zero-order chi connectivity index (χ0) is 18.4. The molecule has 0 aliphatic rings. The number of nitrogens with zero attached hydrogens (tertiary/aromatic N) is 1. The molecule has 0 spiro atoms. The minimum absolute atomic E-state index is 0.0678. The monoisotopic (exact) mass is 367 g/mol. The number of rotatable bonds is 7. The fourth-order valence-electron chi connectivity index (χ4n) is 2.82. The largest absolute Gasteiger partial charge is 0.496 e. The van der Waals surface area contributed by atoms with Crippen molar-refractivity contribution in [1.82, 2.24) is 4.90 Å². The Labute approximate surface area is 157 Å². The van der Waals surface area contributed by atoms with Crippen LogP contribution in [0.3, 0.4) is 0 Å². The molecule has 0 bridgehead atoms. The minimum atomic E-state index is -0.0678. The van der Waals surface area contributed by atoms with Gasteiger partial charge in [0.25, 0.3) is 5.91 Å². The maximum atomic E-state index is 13.3. The number of hydrogen-bond donors (Lipinski definition) is 0. The van der Waals surface area contributed by atoms with Gasteiger partial charge in [-0.2, -0.15) is 0 Å². The van der Waals surface area contributed by atoms with Crippen molar-refractivity contribution in [2.24, 2.45) is 0 Å². The first kappa shape index (κ1) is 18.0. The van der Waals surface area contributed by atoms with Crippen LogP contribution >= 0.6 is 11.3 Å². The molecule has 1 heterocycles. The van der Waals surface area contributed by atoms with Crippen LogP contribution in [0.5, 0.6) is 11.5 Å². The normalized spacial score (nSPS) is 10.4. The fourth-order valence-corrected chi connectivity index (χ4v) is 3.54. The Morgan fingerprint density at radius 3 is 2.27 bits per heavy atom. The van der Waals surface area contributed by atoms with Crippen molar-refractivity contribution in [1.29, 1.82) is 0 Å². The predicted octanol–water partition coefficient (Wildman–Crippen LogP) is 4.61. The van der Waals surface area contributed by atoms with Gasteiger partial charge in [-0.25, -0.2) is 0 Å². The predicted molar refractivity (Wildman–Crippen MR) is 104 cm³/mol. The number of ether oxygens (including phenoxy) is 2. The zero-order valence-corrected chi connectivity index (χ0v) is 15.7. The molecule has 0 radical (unpaired) electrons. The summed E-state index contributed by atoms with van der Waals surface area (Å²) in [5.41, 5.74) is 1.52. The van der Waals surface area contributed by atoms with Crippen LogP contribution in [0.4, 0.5) is 0 Å². The lowest BCUT2D eigenvalue weighted by Crippen LogP contribution is -2.30. The SMILES string of the molecule is COc1ccccc1CN(Cc1cccs1)C(=O)c1ccccc1OC. The Morgan fingerprint density at radius 1 is 0.885 bits per heavy atom. The van der Waals surface area contributed by atoms with E-state index in [9.17, 15) is 4.79 Å². The van der Waals surface area contributed by atoms with Crippen LogP contribution < -0.4 is 9.47 Å². The first-order chi connectivity index (χ1) is 12.7. The van der Waals surface area contributed by atoms with Crippen molar-refractivity contribution < 1.29 is 14.3 Å². The molecular formula is C21H21NO3S. The topological polar surface area (TPSA) is 38.8 Å². The second kappa shape index (κ2) is 8.54. The Morgan fingerprint density at radius 2 is 1.58 bits per heavy atom. The molecule has 0 aliphatic heterocycles.